The molecule has 4 aromatic rings. The number of halogens is 1. The maximum atomic E-state index is 13.3. The van der Waals surface area contributed by atoms with Gasteiger partial charge in [0.1, 0.15) is 29.3 Å². The lowest BCUT2D eigenvalue weighted by Crippen LogP contribution is -3.00. The normalized spacial score (nSPS) is 11.0. The molecule has 0 fully saturated rings. The van der Waals surface area contributed by atoms with E-state index in [1.807, 2.05) is 18.2 Å². The minimum Gasteiger partial charge on any atom is -1.00 e. The first-order valence-electron chi connectivity index (χ1n) is 9.84. The van der Waals surface area contributed by atoms with Crippen LogP contribution in [0.3, 0.4) is 0 Å². The van der Waals surface area contributed by atoms with Crippen LogP contribution in [0.25, 0.3) is 0 Å². The van der Waals surface area contributed by atoms with Gasteiger partial charge >= 0.3 is 0 Å². The first-order valence-corrected chi connectivity index (χ1v) is 12.8. The molecule has 0 atom stereocenters. The molecule has 7 heteroatoms. The second-order valence-corrected chi connectivity index (χ2v) is 11.5. The molecule has 0 aliphatic heterocycles. The molecule has 0 bridgehead atoms. The molecular formula is C24H23BrN3OPS. The van der Waals surface area contributed by atoms with Crippen molar-refractivity contribution >= 4 is 40.1 Å². The van der Waals surface area contributed by atoms with Gasteiger partial charge in [0.2, 0.25) is 5.12 Å². The van der Waals surface area contributed by atoms with Crippen LogP contribution >= 0.6 is 19.0 Å². The summed E-state index contributed by atoms with van der Waals surface area (Å²) in [6, 6.07) is 31.5. The predicted octanol–water partition coefficient (Wildman–Crippen LogP) is 0.605. The molecule has 0 saturated carbocycles. The van der Waals surface area contributed by atoms with Gasteiger partial charge in [0, 0.05) is 12.2 Å². The van der Waals surface area contributed by atoms with E-state index in [4.69, 9.17) is 0 Å². The summed E-state index contributed by atoms with van der Waals surface area (Å²) in [6.45, 7) is 0. The number of hydrogen-bond acceptors (Lipinski definition) is 4. The highest BCUT2D eigenvalue weighted by atomic mass is 79.9. The van der Waals surface area contributed by atoms with Crippen LogP contribution in [0.1, 0.15) is 5.69 Å². The van der Waals surface area contributed by atoms with E-state index in [0.717, 1.165) is 12.1 Å². The van der Waals surface area contributed by atoms with Gasteiger partial charge in [-0.1, -0.05) is 66.4 Å². The number of H-pyrrole nitrogens is 1. The lowest BCUT2D eigenvalue weighted by atomic mass is 10.4. The second kappa shape index (κ2) is 11.4. The van der Waals surface area contributed by atoms with Gasteiger partial charge in [-0.2, -0.15) is 15.4 Å². The summed E-state index contributed by atoms with van der Waals surface area (Å²) in [6.07, 6.45) is 2.93. The van der Waals surface area contributed by atoms with Crippen molar-refractivity contribution in [2.75, 3.05) is 11.9 Å². The predicted molar refractivity (Wildman–Crippen MR) is 128 cm³/mol. The zero-order valence-electron chi connectivity index (χ0n) is 16.9. The third-order valence-electron chi connectivity index (χ3n) is 5.04. The lowest BCUT2D eigenvalue weighted by Gasteiger charge is -2.26. The number of aromatic amines is 1. The van der Waals surface area contributed by atoms with Crippen LogP contribution in [-0.4, -0.2) is 32.4 Å². The first kappa shape index (κ1) is 23.4. The quantitative estimate of drug-likeness (QED) is 0.352. The van der Waals surface area contributed by atoms with Crippen LogP contribution in [0.2, 0.25) is 0 Å². The molecule has 0 radical (unpaired) electrons. The minimum absolute atomic E-state index is 0. The Morgan fingerprint density at radius 3 is 1.71 bits per heavy atom. The zero-order chi connectivity index (χ0) is 20.7. The molecule has 0 aliphatic rings. The number of benzene rings is 3. The van der Waals surface area contributed by atoms with Crippen molar-refractivity contribution in [3.63, 3.8) is 0 Å². The molecule has 31 heavy (non-hydrogen) atoms. The minimum atomic E-state index is -2.11. The summed E-state index contributed by atoms with van der Waals surface area (Å²) in [7, 11) is -2.11. The maximum Gasteiger partial charge on any atom is 0.227 e. The zero-order valence-corrected chi connectivity index (χ0v) is 20.2. The van der Waals surface area contributed by atoms with Gasteiger partial charge in [0.15, 0.2) is 0 Å². The summed E-state index contributed by atoms with van der Waals surface area (Å²) in [5.41, 5.74) is 0.880. The van der Waals surface area contributed by atoms with Crippen LogP contribution in [0, 0.1) is 0 Å². The summed E-state index contributed by atoms with van der Waals surface area (Å²) < 4.78 is 0. The fourth-order valence-corrected chi connectivity index (χ4v) is 8.98. The Morgan fingerprint density at radius 1 is 0.806 bits per heavy atom. The highest BCUT2D eigenvalue weighted by molar-refractivity contribution is 8.15. The van der Waals surface area contributed by atoms with Crippen LogP contribution < -0.4 is 32.9 Å². The van der Waals surface area contributed by atoms with Gasteiger partial charge in [-0.15, -0.1) is 0 Å². The Bertz CT molecular complexity index is 967. The lowest BCUT2D eigenvalue weighted by molar-refractivity contribution is -0.108. The van der Waals surface area contributed by atoms with Crippen LogP contribution in [0.4, 0.5) is 0 Å². The second-order valence-electron chi connectivity index (χ2n) is 6.91. The number of nitrogens with one attached hydrogen (secondary N) is 1. The Labute approximate surface area is 198 Å². The number of nitrogens with zero attached hydrogens (tertiary/aromatic N) is 2. The van der Waals surface area contributed by atoms with Gasteiger partial charge < -0.3 is 17.0 Å². The van der Waals surface area contributed by atoms with Crippen molar-refractivity contribution in [2.45, 2.75) is 6.42 Å². The Balaban J connectivity index is 0.00000272. The van der Waals surface area contributed by atoms with Crippen LogP contribution in [0.15, 0.2) is 97.2 Å². The molecule has 0 aliphatic carbocycles. The van der Waals surface area contributed by atoms with Gasteiger partial charge in [-0.05, 0) is 36.4 Å². The smallest absolute Gasteiger partial charge is 0.227 e. The number of thioether (sulfide) groups is 1. The van der Waals surface area contributed by atoms with E-state index in [9.17, 15) is 4.79 Å². The van der Waals surface area contributed by atoms with E-state index < -0.39 is 7.26 Å². The van der Waals surface area contributed by atoms with Crippen LogP contribution in [0.5, 0.6) is 0 Å². The number of aryl methyl sites for hydroxylation is 1. The third-order valence-corrected chi connectivity index (χ3v) is 10.4. The molecular weight excluding hydrogens is 489 g/mol. The molecule has 4 rings (SSSR count). The van der Waals surface area contributed by atoms with Gasteiger partial charge in [-0.3, -0.25) is 4.79 Å². The number of hydrogen-bond donors (Lipinski definition) is 1. The van der Waals surface area contributed by atoms with Crippen molar-refractivity contribution < 1.29 is 21.8 Å². The molecule has 4 nitrogen and oxygen atoms in total. The molecule has 158 valence electrons. The Morgan fingerprint density at radius 2 is 1.29 bits per heavy atom. The molecule has 1 heterocycles. The van der Waals surface area contributed by atoms with E-state index in [1.54, 1.807) is 6.20 Å². The molecule has 0 saturated heterocycles. The fourth-order valence-electron chi connectivity index (χ4n) is 3.62. The first-order chi connectivity index (χ1) is 14.8. The number of aromatic nitrogens is 3. The van der Waals surface area contributed by atoms with Crippen molar-refractivity contribution in [3.8, 4) is 0 Å². The number of rotatable bonds is 8. The number of carbonyl (C=O) groups excluding carboxylic acids is 1. The average molecular weight is 512 g/mol. The SMILES string of the molecule is O=C(C[P+](c1ccccc1)(c1ccccc1)c1ccccc1)SCCc1cn[nH]n1.[Br-]. The summed E-state index contributed by atoms with van der Waals surface area (Å²) in [4.78, 5) is 13.3. The van der Waals surface area contributed by atoms with Crippen molar-refractivity contribution in [1.82, 2.24) is 15.4 Å². The molecule has 1 N–H and O–H groups in total. The summed E-state index contributed by atoms with van der Waals surface area (Å²) in [5.74, 6) is 0.698. The number of carbonyl (C=O) groups is 1. The highest BCUT2D eigenvalue weighted by Crippen LogP contribution is 2.55. The highest BCUT2D eigenvalue weighted by Gasteiger charge is 2.47. The van der Waals surface area contributed by atoms with Gasteiger partial charge in [0.05, 0.1) is 11.9 Å². The van der Waals surface area contributed by atoms with Crippen molar-refractivity contribution in [1.29, 1.82) is 0 Å². The van der Waals surface area contributed by atoms with E-state index >= 15 is 0 Å². The van der Waals surface area contributed by atoms with E-state index in [0.29, 0.717) is 11.9 Å². The molecule has 0 amide bonds. The van der Waals surface area contributed by atoms with E-state index in [1.165, 1.54) is 27.7 Å². The topological polar surface area (TPSA) is 58.6 Å². The standard InChI is InChI=1S/C24H23N3OPS.BrH/c28-24(30-17-16-20-18-25-27-26-20)19-29(21-10-4-1-5-11-21,22-12-6-2-7-13-22)23-14-8-3-9-15-23;/h1-15,18H,16-17,19H2,(H,25,26,27);1H/q+1;/p-1. The third kappa shape index (κ3) is 5.51. The Hall–Kier alpha value is -2.27. The van der Waals surface area contributed by atoms with Crippen molar-refractivity contribution in [3.05, 3.63) is 103 Å². The maximum absolute atomic E-state index is 13.3. The summed E-state index contributed by atoms with van der Waals surface area (Å²) in [5, 5.41) is 14.4. The largest absolute Gasteiger partial charge is 1.00 e. The fraction of sp³-hybridized carbons (Fsp3) is 0.125. The molecule has 3 aromatic carbocycles. The molecule has 0 unspecified atom stereocenters. The Kier molecular flexibility index (Phi) is 8.59. The summed E-state index contributed by atoms with van der Waals surface area (Å²) >= 11 is 1.39. The monoisotopic (exact) mass is 511 g/mol. The van der Waals surface area contributed by atoms with Gasteiger partial charge in [-0.25, -0.2) is 0 Å². The molecule has 1 aromatic heterocycles. The van der Waals surface area contributed by atoms with E-state index in [-0.39, 0.29) is 22.1 Å². The average Bonchev–Trinajstić information content (AvgIpc) is 3.33. The molecule has 0 spiro atoms. The van der Waals surface area contributed by atoms with Crippen molar-refractivity contribution in [2.24, 2.45) is 0 Å². The van der Waals surface area contributed by atoms with Gasteiger partial charge in [0.25, 0.3) is 0 Å². The van der Waals surface area contributed by atoms with E-state index in [2.05, 4.69) is 88.2 Å². The van der Waals surface area contributed by atoms with Crippen LogP contribution in [-0.2, 0) is 11.2 Å².